The Morgan fingerprint density at radius 1 is 1.00 bits per heavy atom. The molecular formula is C15H17NO. The standard InChI is InChI=1S/C15H17NO/c1-15(2,3)12-8-9-16-14(10-12)11-4-6-13(17)7-5-11/h4-10,17H,1-3H3. The molecule has 1 N–H and O–H groups in total. The van der Waals surface area contributed by atoms with E-state index in [0.29, 0.717) is 0 Å². The first-order valence-electron chi connectivity index (χ1n) is 5.73. The normalized spacial score (nSPS) is 11.5. The Bertz CT molecular complexity index is 509. The molecule has 88 valence electrons. The SMILES string of the molecule is CC(C)(C)c1ccnc(-c2ccc(O)cc2)c1. The highest BCUT2D eigenvalue weighted by Crippen LogP contribution is 2.26. The lowest BCUT2D eigenvalue weighted by atomic mass is 9.87. The van der Waals surface area contributed by atoms with Crippen LogP contribution in [-0.2, 0) is 5.41 Å². The smallest absolute Gasteiger partial charge is 0.115 e. The summed E-state index contributed by atoms with van der Waals surface area (Å²) in [5.74, 6) is 0.278. The van der Waals surface area contributed by atoms with E-state index in [0.717, 1.165) is 11.3 Å². The van der Waals surface area contributed by atoms with Gasteiger partial charge in [-0.2, -0.15) is 0 Å². The van der Waals surface area contributed by atoms with E-state index in [4.69, 9.17) is 0 Å². The summed E-state index contributed by atoms with van der Waals surface area (Å²) in [7, 11) is 0. The van der Waals surface area contributed by atoms with Crippen LogP contribution in [-0.4, -0.2) is 10.1 Å². The average molecular weight is 227 g/mol. The fourth-order valence-corrected chi connectivity index (χ4v) is 1.69. The Morgan fingerprint density at radius 3 is 2.24 bits per heavy atom. The molecule has 0 atom stereocenters. The van der Waals surface area contributed by atoms with Gasteiger partial charge in [-0.25, -0.2) is 0 Å². The molecule has 1 aromatic carbocycles. The maximum absolute atomic E-state index is 9.27. The van der Waals surface area contributed by atoms with Gasteiger partial charge in [-0.15, -0.1) is 0 Å². The summed E-state index contributed by atoms with van der Waals surface area (Å²) in [6.45, 7) is 6.55. The van der Waals surface area contributed by atoms with Crippen LogP contribution in [0.3, 0.4) is 0 Å². The molecule has 0 aliphatic rings. The first kappa shape index (κ1) is 11.6. The second-order valence-electron chi connectivity index (χ2n) is 5.23. The minimum atomic E-state index is 0.120. The van der Waals surface area contributed by atoms with E-state index in [1.165, 1.54) is 5.56 Å². The van der Waals surface area contributed by atoms with Crippen molar-refractivity contribution in [3.63, 3.8) is 0 Å². The van der Waals surface area contributed by atoms with Crippen LogP contribution in [0.1, 0.15) is 26.3 Å². The van der Waals surface area contributed by atoms with Gasteiger partial charge in [0.05, 0.1) is 5.69 Å². The number of hydrogen-bond donors (Lipinski definition) is 1. The second-order valence-corrected chi connectivity index (χ2v) is 5.23. The van der Waals surface area contributed by atoms with Crippen molar-refractivity contribution in [2.24, 2.45) is 0 Å². The van der Waals surface area contributed by atoms with E-state index in [1.807, 2.05) is 24.4 Å². The van der Waals surface area contributed by atoms with Crippen molar-refractivity contribution in [1.29, 1.82) is 0 Å². The fourth-order valence-electron chi connectivity index (χ4n) is 1.69. The van der Waals surface area contributed by atoms with Crippen LogP contribution in [0.25, 0.3) is 11.3 Å². The third kappa shape index (κ3) is 2.64. The molecule has 0 radical (unpaired) electrons. The third-order valence-electron chi connectivity index (χ3n) is 2.79. The Morgan fingerprint density at radius 2 is 1.65 bits per heavy atom. The molecule has 0 aliphatic heterocycles. The zero-order valence-corrected chi connectivity index (χ0v) is 10.4. The van der Waals surface area contributed by atoms with E-state index in [1.54, 1.807) is 12.1 Å². The van der Waals surface area contributed by atoms with Gasteiger partial charge in [0.25, 0.3) is 0 Å². The molecule has 2 rings (SSSR count). The van der Waals surface area contributed by atoms with Crippen molar-refractivity contribution < 1.29 is 5.11 Å². The van der Waals surface area contributed by atoms with Gasteiger partial charge >= 0.3 is 0 Å². The summed E-state index contributed by atoms with van der Waals surface area (Å²) in [6, 6.07) is 11.3. The molecule has 0 unspecified atom stereocenters. The van der Waals surface area contributed by atoms with Crippen molar-refractivity contribution in [3.8, 4) is 17.0 Å². The molecule has 1 aromatic heterocycles. The number of aromatic hydroxyl groups is 1. The molecular weight excluding hydrogens is 210 g/mol. The Hall–Kier alpha value is -1.83. The van der Waals surface area contributed by atoms with Gasteiger partial charge < -0.3 is 5.11 Å². The number of hydrogen-bond acceptors (Lipinski definition) is 2. The Labute approximate surface area is 102 Å². The van der Waals surface area contributed by atoms with Crippen LogP contribution in [0.2, 0.25) is 0 Å². The summed E-state index contributed by atoms with van der Waals surface area (Å²) in [4.78, 5) is 4.37. The van der Waals surface area contributed by atoms with E-state index in [-0.39, 0.29) is 11.2 Å². The van der Waals surface area contributed by atoms with Gasteiger partial charge in [0.2, 0.25) is 0 Å². The molecule has 1 heterocycles. The minimum absolute atomic E-state index is 0.120. The zero-order valence-electron chi connectivity index (χ0n) is 10.4. The van der Waals surface area contributed by atoms with Gasteiger partial charge in [0, 0.05) is 11.8 Å². The van der Waals surface area contributed by atoms with Crippen molar-refractivity contribution in [1.82, 2.24) is 4.98 Å². The number of rotatable bonds is 1. The van der Waals surface area contributed by atoms with Gasteiger partial charge in [-0.05, 0) is 47.4 Å². The molecule has 0 saturated carbocycles. The fraction of sp³-hybridized carbons (Fsp3) is 0.267. The quantitative estimate of drug-likeness (QED) is 0.804. The number of nitrogens with zero attached hydrogens (tertiary/aromatic N) is 1. The van der Waals surface area contributed by atoms with Crippen molar-refractivity contribution in [3.05, 3.63) is 48.2 Å². The van der Waals surface area contributed by atoms with Crippen molar-refractivity contribution in [2.75, 3.05) is 0 Å². The summed E-state index contributed by atoms with van der Waals surface area (Å²) in [6.07, 6.45) is 1.84. The second kappa shape index (κ2) is 4.21. The van der Waals surface area contributed by atoms with E-state index in [2.05, 4.69) is 31.8 Å². The zero-order chi connectivity index (χ0) is 12.5. The van der Waals surface area contributed by atoms with Crippen molar-refractivity contribution in [2.45, 2.75) is 26.2 Å². The third-order valence-corrected chi connectivity index (χ3v) is 2.79. The van der Waals surface area contributed by atoms with Gasteiger partial charge in [-0.1, -0.05) is 20.8 Å². The van der Waals surface area contributed by atoms with E-state index >= 15 is 0 Å². The highest BCUT2D eigenvalue weighted by atomic mass is 16.3. The predicted molar refractivity (Wildman–Crippen MR) is 70.0 cm³/mol. The van der Waals surface area contributed by atoms with Crippen LogP contribution in [0.5, 0.6) is 5.75 Å². The summed E-state index contributed by atoms with van der Waals surface area (Å²) in [5, 5.41) is 9.27. The van der Waals surface area contributed by atoms with Crippen LogP contribution < -0.4 is 0 Å². The van der Waals surface area contributed by atoms with E-state index < -0.39 is 0 Å². The van der Waals surface area contributed by atoms with Crippen LogP contribution >= 0.6 is 0 Å². The molecule has 17 heavy (non-hydrogen) atoms. The van der Waals surface area contributed by atoms with Gasteiger partial charge in [0.1, 0.15) is 5.75 Å². The molecule has 0 bridgehead atoms. The number of phenolic OH excluding ortho intramolecular Hbond substituents is 1. The van der Waals surface area contributed by atoms with Gasteiger partial charge in [-0.3, -0.25) is 4.98 Å². The Kier molecular flexibility index (Phi) is 2.88. The molecule has 0 aliphatic carbocycles. The first-order chi connectivity index (χ1) is 7.97. The maximum atomic E-state index is 9.27. The number of phenols is 1. The number of aromatic nitrogens is 1. The van der Waals surface area contributed by atoms with Crippen LogP contribution in [0.4, 0.5) is 0 Å². The average Bonchev–Trinajstić information content (AvgIpc) is 2.29. The van der Waals surface area contributed by atoms with Crippen LogP contribution in [0, 0.1) is 0 Å². The largest absolute Gasteiger partial charge is 0.508 e. The maximum Gasteiger partial charge on any atom is 0.115 e. The molecule has 2 nitrogen and oxygen atoms in total. The molecule has 0 saturated heterocycles. The molecule has 2 heteroatoms. The van der Waals surface area contributed by atoms with E-state index in [9.17, 15) is 5.11 Å². The monoisotopic (exact) mass is 227 g/mol. The van der Waals surface area contributed by atoms with Crippen molar-refractivity contribution >= 4 is 0 Å². The lowest BCUT2D eigenvalue weighted by Crippen LogP contribution is -2.11. The molecule has 0 amide bonds. The molecule has 0 fully saturated rings. The molecule has 0 spiro atoms. The topological polar surface area (TPSA) is 33.1 Å². The summed E-state index contributed by atoms with van der Waals surface area (Å²) in [5.41, 5.74) is 3.34. The highest BCUT2D eigenvalue weighted by Gasteiger charge is 2.14. The highest BCUT2D eigenvalue weighted by molar-refractivity contribution is 5.60. The number of benzene rings is 1. The number of pyridine rings is 1. The predicted octanol–water partition coefficient (Wildman–Crippen LogP) is 3.75. The summed E-state index contributed by atoms with van der Waals surface area (Å²) < 4.78 is 0. The lowest BCUT2D eigenvalue weighted by molar-refractivity contribution is 0.475. The minimum Gasteiger partial charge on any atom is -0.508 e. The van der Waals surface area contributed by atoms with Crippen LogP contribution in [0.15, 0.2) is 42.6 Å². The van der Waals surface area contributed by atoms with Gasteiger partial charge in [0.15, 0.2) is 0 Å². The summed E-state index contributed by atoms with van der Waals surface area (Å²) >= 11 is 0. The first-order valence-corrected chi connectivity index (χ1v) is 5.73. The lowest BCUT2D eigenvalue weighted by Gasteiger charge is -2.19. The Balaban J connectivity index is 2.43. The molecule has 2 aromatic rings.